The van der Waals surface area contributed by atoms with Gasteiger partial charge < -0.3 is 19.5 Å². The van der Waals surface area contributed by atoms with Crippen molar-refractivity contribution in [2.45, 2.75) is 32.9 Å². The van der Waals surface area contributed by atoms with E-state index >= 15 is 0 Å². The largest absolute Gasteiger partial charge is 0.457 e. The normalized spacial score (nSPS) is 16.8. The van der Waals surface area contributed by atoms with Crippen molar-refractivity contribution in [1.29, 1.82) is 0 Å². The van der Waals surface area contributed by atoms with Crippen molar-refractivity contribution in [2.75, 3.05) is 4.90 Å². The first kappa shape index (κ1) is 24.8. The Kier molecular flexibility index (Phi) is 6.59. The van der Waals surface area contributed by atoms with Gasteiger partial charge in [-0.15, -0.1) is 0 Å². The summed E-state index contributed by atoms with van der Waals surface area (Å²) in [4.78, 5) is 11.5. The Bertz CT molecular complexity index is 1600. The maximum Gasteiger partial charge on any atom is 0.174 e. The van der Waals surface area contributed by atoms with Crippen LogP contribution in [-0.2, 0) is 0 Å². The van der Waals surface area contributed by atoms with E-state index in [9.17, 15) is 0 Å². The van der Waals surface area contributed by atoms with Crippen molar-refractivity contribution in [3.05, 3.63) is 132 Å². The average Bonchev–Trinajstić information content (AvgIpc) is 3.46. The Morgan fingerprint density at radius 1 is 0.795 bits per heavy atom. The smallest absolute Gasteiger partial charge is 0.174 e. The van der Waals surface area contributed by atoms with Gasteiger partial charge in [-0.25, -0.2) is 4.98 Å². The lowest BCUT2D eigenvalue weighted by Crippen LogP contribution is -2.29. The summed E-state index contributed by atoms with van der Waals surface area (Å²) in [6.45, 7) is 6.32. The Labute approximate surface area is 233 Å². The van der Waals surface area contributed by atoms with Crippen molar-refractivity contribution in [3.63, 3.8) is 0 Å². The van der Waals surface area contributed by atoms with Crippen molar-refractivity contribution in [1.82, 2.24) is 19.9 Å². The molecule has 2 atom stereocenters. The van der Waals surface area contributed by atoms with Gasteiger partial charge in [0.25, 0.3) is 0 Å². The highest BCUT2D eigenvalue weighted by atomic mass is 32.1. The molecule has 1 aliphatic heterocycles. The van der Waals surface area contributed by atoms with Gasteiger partial charge in [-0.05, 0) is 105 Å². The minimum absolute atomic E-state index is 0.111. The maximum atomic E-state index is 6.08. The lowest BCUT2D eigenvalue weighted by atomic mass is 9.96. The van der Waals surface area contributed by atoms with Gasteiger partial charge in [-0.2, -0.15) is 0 Å². The molecule has 1 N–H and O–H groups in total. The van der Waals surface area contributed by atoms with Crippen molar-refractivity contribution < 1.29 is 4.74 Å². The summed E-state index contributed by atoms with van der Waals surface area (Å²) in [5, 5.41) is 4.22. The number of nitrogens with one attached hydrogen (secondary N) is 1. The van der Waals surface area contributed by atoms with Crippen molar-refractivity contribution >= 4 is 23.0 Å². The Balaban J connectivity index is 1.40. The highest BCUT2D eigenvalue weighted by molar-refractivity contribution is 7.80. The van der Waals surface area contributed by atoms with E-state index in [1.165, 1.54) is 11.1 Å². The zero-order valence-electron chi connectivity index (χ0n) is 22.1. The zero-order valence-corrected chi connectivity index (χ0v) is 22.9. The molecule has 7 heteroatoms. The molecule has 39 heavy (non-hydrogen) atoms. The quantitative estimate of drug-likeness (QED) is 0.235. The molecule has 5 aromatic rings. The number of aryl methyl sites for hydroxylation is 2. The fraction of sp³-hybridized carbons (Fsp3) is 0.156. The fourth-order valence-corrected chi connectivity index (χ4v) is 5.64. The van der Waals surface area contributed by atoms with Crippen LogP contribution in [0.15, 0.2) is 103 Å². The molecular formula is C32H29N5OS. The predicted molar refractivity (Wildman–Crippen MR) is 159 cm³/mol. The van der Waals surface area contributed by atoms with Crippen LogP contribution in [0.2, 0.25) is 0 Å². The van der Waals surface area contributed by atoms with Crippen molar-refractivity contribution in [2.24, 2.45) is 0 Å². The summed E-state index contributed by atoms with van der Waals surface area (Å²) in [7, 11) is 0. The van der Waals surface area contributed by atoms with Gasteiger partial charge in [0.05, 0.1) is 17.8 Å². The number of ether oxygens (including phenoxy) is 1. The van der Waals surface area contributed by atoms with Crippen LogP contribution in [0.5, 0.6) is 11.5 Å². The molecule has 0 radical (unpaired) electrons. The molecule has 6 rings (SSSR count). The molecule has 1 fully saturated rings. The van der Waals surface area contributed by atoms with Crippen LogP contribution in [0.4, 0.5) is 5.69 Å². The summed E-state index contributed by atoms with van der Waals surface area (Å²) in [6, 6.07) is 30.1. The van der Waals surface area contributed by atoms with Gasteiger partial charge in [0, 0.05) is 29.5 Å². The number of rotatable bonds is 6. The van der Waals surface area contributed by atoms with Crippen LogP contribution >= 0.6 is 12.2 Å². The van der Waals surface area contributed by atoms with Crippen LogP contribution in [-0.4, -0.2) is 19.6 Å². The minimum atomic E-state index is -0.125. The second-order valence-corrected chi connectivity index (χ2v) is 10.1. The molecule has 4 heterocycles. The third-order valence-corrected chi connectivity index (χ3v) is 7.45. The first-order chi connectivity index (χ1) is 19.0. The molecule has 194 valence electrons. The molecule has 0 amide bonds. The molecule has 2 aromatic carbocycles. The molecule has 0 bridgehead atoms. The molecule has 3 aromatic heterocycles. The third-order valence-electron chi connectivity index (χ3n) is 7.14. The maximum absolute atomic E-state index is 6.08. The summed E-state index contributed by atoms with van der Waals surface area (Å²) >= 11 is 5.94. The van der Waals surface area contributed by atoms with Crippen LogP contribution < -0.4 is 15.0 Å². The fourth-order valence-electron chi connectivity index (χ4n) is 5.29. The van der Waals surface area contributed by atoms with Crippen LogP contribution in [0.1, 0.15) is 40.3 Å². The van der Waals surface area contributed by atoms with E-state index < -0.39 is 0 Å². The molecule has 1 aliphatic rings. The number of aromatic nitrogens is 3. The van der Waals surface area contributed by atoms with Crippen LogP contribution in [0, 0.1) is 20.8 Å². The van der Waals surface area contributed by atoms with E-state index in [4.69, 9.17) is 21.9 Å². The number of benzene rings is 2. The van der Waals surface area contributed by atoms with Gasteiger partial charge in [0.1, 0.15) is 17.3 Å². The number of thiocarbonyl (C=S) groups is 1. The Hall–Kier alpha value is -4.49. The molecule has 0 spiro atoms. The van der Waals surface area contributed by atoms with E-state index in [0.717, 1.165) is 40.1 Å². The molecular weight excluding hydrogens is 502 g/mol. The lowest BCUT2D eigenvalue weighted by molar-refractivity contribution is 0.482. The number of hydrogen-bond donors (Lipinski definition) is 1. The number of hydrogen-bond acceptors (Lipinski definition) is 4. The van der Waals surface area contributed by atoms with E-state index in [2.05, 4.69) is 58.7 Å². The molecule has 0 saturated carbocycles. The SMILES string of the molecule is Cc1ccc(Oc2ccc(N3C(=S)N[C@H](c4ccccn4)[C@@H]3c3cc(C)n(-c4ccccn4)c3C)cc2)cc1. The molecule has 6 nitrogen and oxygen atoms in total. The summed E-state index contributed by atoms with van der Waals surface area (Å²) in [5.41, 5.74) is 6.52. The molecule has 1 saturated heterocycles. The second-order valence-electron chi connectivity index (χ2n) is 9.76. The average molecular weight is 532 g/mol. The topological polar surface area (TPSA) is 55.2 Å². The van der Waals surface area contributed by atoms with E-state index in [1.54, 1.807) is 0 Å². The molecule has 0 aliphatic carbocycles. The highest BCUT2D eigenvalue weighted by Crippen LogP contribution is 2.44. The first-order valence-electron chi connectivity index (χ1n) is 12.9. The zero-order chi connectivity index (χ0) is 26.9. The Morgan fingerprint density at radius 2 is 1.46 bits per heavy atom. The van der Waals surface area contributed by atoms with E-state index in [-0.39, 0.29) is 12.1 Å². The Morgan fingerprint density at radius 3 is 2.10 bits per heavy atom. The summed E-state index contributed by atoms with van der Waals surface area (Å²) in [6.07, 6.45) is 3.65. The minimum Gasteiger partial charge on any atom is -0.457 e. The van der Waals surface area contributed by atoms with Crippen LogP contribution in [0.25, 0.3) is 5.82 Å². The molecule has 0 unspecified atom stereocenters. The number of pyridine rings is 2. The van der Waals surface area contributed by atoms with Gasteiger partial charge in [0.2, 0.25) is 0 Å². The van der Waals surface area contributed by atoms with Crippen LogP contribution in [0.3, 0.4) is 0 Å². The monoisotopic (exact) mass is 531 g/mol. The van der Waals surface area contributed by atoms with E-state index in [0.29, 0.717) is 5.11 Å². The van der Waals surface area contributed by atoms with Gasteiger partial charge in [0.15, 0.2) is 5.11 Å². The third kappa shape index (κ3) is 4.77. The lowest BCUT2D eigenvalue weighted by Gasteiger charge is -2.28. The van der Waals surface area contributed by atoms with Gasteiger partial charge in [-0.3, -0.25) is 4.98 Å². The number of nitrogens with zero attached hydrogens (tertiary/aromatic N) is 4. The summed E-state index contributed by atoms with van der Waals surface area (Å²) < 4.78 is 8.28. The summed E-state index contributed by atoms with van der Waals surface area (Å²) in [5.74, 6) is 2.47. The van der Waals surface area contributed by atoms with Crippen molar-refractivity contribution in [3.8, 4) is 17.3 Å². The van der Waals surface area contributed by atoms with Gasteiger partial charge >= 0.3 is 0 Å². The first-order valence-corrected chi connectivity index (χ1v) is 13.4. The number of anilines is 1. The standard InChI is InChI=1S/C32H29N5OS/c1-21-10-14-25(15-11-21)38-26-16-12-24(13-17-26)37-31(30(35-32(37)39)28-8-4-6-18-33-28)27-20-22(2)36(23(27)3)29-9-5-7-19-34-29/h4-20,30-31H,1-3H3,(H,35,39)/t30-,31+/m1/s1. The highest BCUT2D eigenvalue weighted by Gasteiger charge is 2.42. The second kappa shape index (κ2) is 10.3. The van der Waals surface area contributed by atoms with Gasteiger partial charge in [-0.1, -0.05) is 29.8 Å². The predicted octanol–water partition coefficient (Wildman–Crippen LogP) is 7.16. The van der Waals surface area contributed by atoms with E-state index in [1.807, 2.05) is 85.2 Å².